The molecule has 3 heteroatoms. The summed E-state index contributed by atoms with van der Waals surface area (Å²) >= 11 is 2.32. The summed E-state index contributed by atoms with van der Waals surface area (Å²) in [5.74, 6) is 0.802. The number of hydrogen-bond donors (Lipinski definition) is 0. The molecule has 1 aromatic heterocycles. The normalized spacial score (nSPS) is 10.8. The zero-order valence-corrected chi connectivity index (χ0v) is 16.2. The molecule has 0 atom stereocenters. The second kappa shape index (κ2) is 7.88. The van der Waals surface area contributed by atoms with Crippen molar-refractivity contribution in [1.29, 1.82) is 0 Å². The zero-order chi connectivity index (χ0) is 16.9. The maximum absolute atomic E-state index is 4.63. The number of benzene rings is 2. The Morgan fingerprint density at radius 3 is 1.92 bits per heavy atom. The third-order valence-corrected chi connectivity index (χ3v) is 4.77. The highest BCUT2D eigenvalue weighted by Crippen LogP contribution is 2.25. The number of nitrogens with zero attached hydrogens (tertiary/aromatic N) is 2. The summed E-state index contributed by atoms with van der Waals surface area (Å²) in [5, 5.41) is 0. The first-order valence-corrected chi connectivity index (χ1v) is 9.44. The van der Waals surface area contributed by atoms with Crippen LogP contribution in [0, 0.1) is 10.5 Å². The molecule has 1 heterocycles. The van der Waals surface area contributed by atoms with Crippen LogP contribution in [0.5, 0.6) is 0 Å². The molecular formula is C21H21IN2. The van der Waals surface area contributed by atoms with E-state index < -0.39 is 0 Å². The van der Waals surface area contributed by atoms with Crippen LogP contribution >= 0.6 is 22.6 Å². The molecule has 2 aromatic carbocycles. The summed E-state index contributed by atoms with van der Waals surface area (Å²) < 4.78 is 1.23. The molecule has 0 saturated carbocycles. The van der Waals surface area contributed by atoms with Crippen molar-refractivity contribution >= 4 is 22.6 Å². The molecule has 3 aromatic rings. The number of hydrogen-bond acceptors (Lipinski definition) is 2. The zero-order valence-electron chi connectivity index (χ0n) is 14.1. The SMILES string of the molecule is CCCCc1ccc(-c2cc(-c3ccc(I)cc3)nc(C)n2)cc1. The Bertz CT molecular complexity index is 808. The number of unbranched alkanes of at least 4 members (excludes halogenated alkanes) is 1. The molecule has 0 bridgehead atoms. The standard InChI is InChI=1S/C21H21IN2/c1-3-4-5-16-6-8-17(9-7-16)20-14-21(24-15(2)23-20)18-10-12-19(22)13-11-18/h6-14H,3-5H2,1-2H3. The van der Waals surface area contributed by atoms with Crippen LogP contribution in [0.1, 0.15) is 31.2 Å². The van der Waals surface area contributed by atoms with E-state index in [4.69, 9.17) is 0 Å². The molecule has 0 aliphatic carbocycles. The van der Waals surface area contributed by atoms with Crippen molar-refractivity contribution in [2.75, 3.05) is 0 Å². The van der Waals surface area contributed by atoms with E-state index >= 15 is 0 Å². The Labute approximate surface area is 157 Å². The van der Waals surface area contributed by atoms with Gasteiger partial charge in [-0.3, -0.25) is 0 Å². The Kier molecular flexibility index (Phi) is 5.61. The van der Waals surface area contributed by atoms with Crippen molar-refractivity contribution in [2.45, 2.75) is 33.1 Å². The Balaban J connectivity index is 1.92. The summed E-state index contributed by atoms with van der Waals surface area (Å²) in [6.07, 6.45) is 3.61. The molecule has 0 aliphatic heterocycles. The van der Waals surface area contributed by atoms with E-state index in [0.717, 1.165) is 34.8 Å². The van der Waals surface area contributed by atoms with Crippen LogP contribution in [0.3, 0.4) is 0 Å². The summed E-state index contributed by atoms with van der Waals surface area (Å²) in [6, 6.07) is 19.3. The van der Waals surface area contributed by atoms with Gasteiger partial charge in [-0.2, -0.15) is 0 Å². The predicted molar refractivity (Wildman–Crippen MR) is 109 cm³/mol. The first-order valence-electron chi connectivity index (χ1n) is 8.36. The van der Waals surface area contributed by atoms with E-state index in [0.29, 0.717) is 0 Å². The van der Waals surface area contributed by atoms with Gasteiger partial charge in [0.05, 0.1) is 11.4 Å². The first kappa shape index (κ1) is 17.1. The lowest BCUT2D eigenvalue weighted by molar-refractivity contribution is 0.795. The lowest BCUT2D eigenvalue weighted by Gasteiger charge is -2.08. The molecule has 0 radical (unpaired) electrons. The van der Waals surface area contributed by atoms with Crippen LogP contribution in [0.4, 0.5) is 0 Å². The van der Waals surface area contributed by atoms with Crippen molar-refractivity contribution < 1.29 is 0 Å². The van der Waals surface area contributed by atoms with Crippen LogP contribution in [0.2, 0.25) is 0 Å². The topological polar surface area (TPSA) is 25.8 Å². The maximum Gasteiger partial charge on any atom is 0.126 e. The number of aromatic nitrogens is 2. The fourth-order valence-electron chi connectivity index (χ4n) is 2.71. The predicted octanol–water partition coefficient (Wildman–Crippen LogP) is 6.07. The average molecular weight is 428 g/mol. The summed E-state index contributed by atoms with van der Waals surface area (Å²) in [6.45, 7) is 4.18. The van der Waals surface area contributed by atoms with Gasteiger partial charge in [-0.1, -0.05) is 49.7 Å². The first-order chi connectivity index (χ1) is 11.7. The van der Waals surface area contributed by atoms with Crippen LogP contribution in [-0.4, -0.2) is 9.97 Å². The molecule has 0 saturated heterocycles. The van der Waals surface area contributed by atoms with E-state index in [1.165, 1.54) is 22.0 Å². The molecule has 0 N–H and O–H groups in total. The van der Waals surface area contributed by atoms with Crippen molar-refractivity contribution in [2.24, 2.45) is 0 Å². The minimum absolute atomic E-state index is 0.802. The van der Waals surface area contributed by atoms with Crippen molar-refractivity contribution in [1.82, 2.24) is 9.97 Å². The van der Waals surface area contributed by atoms with E-state index in [-0.39, 0.29) is 0 Å². The molecule has 0 spiro atoms. The molecule has 0 aliphatic rings. The number of halogens is 1. The molecular weight excluding hydrogens is 407 g/mol. The van der Waals surface area contributed by atoms with Gasteiger partial charge in [0, 0.05) is 14.7 Å². The largest absolute Gasteiger partial charge is 0.233 e. The van der Waals surface area contributed by atoms with Gasteiger partial charge in [-0.25, -0.2) is 9.97 Å². The Morgan fingerprint density at radius 1 is 0.833 bits per heavy atom. The Hall–Kier alpha value is -1.75. The minimum atomic E-state index is 0.802. The van der Waals surface area contributed by atoms with Gasteiger partial charge in [0.25, 0.3) is 0 Å². The molecule has 2 nitrogen and oxygen atoms in total. The minimum Gasteiger partial charge on any atom is -0.233 e. The fraction of sp³-hybridized carbons (Fsp3) is 0.238. The van der Waals surface area contributed by atoms with Gasteiger partial charge in [0.2, 0.25) is 0 Å². The van der Waals surface area contributed by atoms with E-state index in [1.54, 1.807) is 0 Å². The highest BCUT2D eigenvalue weighted by molar-refractivity contribution is 14.1. The quantitative estimate of drug-likeness (QED) is 0.462. The van der Waals surface area contributed by atoms with Crippen molar-refractivity contribution in [3.63, 3.8) is 0 Å². The third kappa shape index (κ3) is 4.20. The monoisotopic (exact) mass is 428 g/mol. The van der Waals surface area contributed by atoms with Gasteiger partial charge in [0.15, 0.2) is 0 Å². The highest BCUT2D eigenvalue weighted by atomic mass is 127. The van der Waals surface area contributed by atoms with E-state index in [2.05, 4.69) is 94.1 Å². The second-order valence-electron chi connectivity index (χ2n) is 5.99. The molecule has 24 heavy (non-hydrogen) atoms. The lowest BCUT2D eigenvalue weighted by Crippen LogP contribution is -1.95. The van der Waals surface area contributed by atoms with E-state index in [9.17, 15) is 0 Å². The average Bonchev–Trinajstić information content (AvgIpc) is 2.60. The summed E-state index contributed by atoms with van der Waals surface area (Å²) in [7, 11) is 0. The van der Waals surface area contributed by atoms with E-state index in [1.807, 2.05) is 6.92 Å². The van der Waals surface area contributed by atoms with Crippen molar-refractivity contribution in [3.8, 4) is 22.5 Å². The highest BCUT2D eigenvalue weighted by Gasteiger charge is 2.07. The smallest absolute Gasteiger partial charge is 0.126 e. The third-order valence-electron chi connectivity index (χ3n) is 4.05. The van der Waals surface area contributed by atoms with Gasteiger partial charge < -0.3 is 0 Å². The number of aryl methyl sites for hydroxylation is 2. The Morgan fingerprint density at radius 2 is 1.38 bits per heavy atom. The summed E-state index contributed by atoms with van der Waals surface area (Å²) in [4.78, 5) is 9.23. The van der Waals surface area contributed by atoms with Crippen LogP contribution in [0.15, 0.2) is 54.6 Å². The molecule has 0 unspecified atom stereocenters. The summed E-state index contributed by atoms with van der Waals surface area (Å²) in [5.41, 5.74) is 5.63. The van der Waals surface area contributed by atoms with Crippen LogP contribution in [-0.2, 0) is 6.42 Å². The number of rotatable bonds is 5. The molecule has 0 amide bonds. The molecule has 0 fully saturated rings. The van der Waals surface area contributed by atoms with Gasteiger partial charge >= 0.3 is 0 Å². The van der Waals surface area contributed by atoms with Gasteiger partial charge in [0.1, 0.15) is 5.82 Å². The van der Waals surface area contributed by atoms with Gasteiger partial charge in [-0.05, 0) is 66.1 Å². The van der Waals surface area contributed by atoms with Crippen LogP contribution in [0.25, 0.3) is 22.5 Å². The van der Waals surface area contributed by atoms with Crippen molar-refractivity contribution in [3.05, 3.63) is 69.6 Å². The van der Waals surface area contributed by atoms with Crippen LogP contribution < -0.4 is 0 Å². The second-order valence-corrected chi connectivity index (χ2v) is 7.24. The maximum atomic E-state index is 4.63. The molecule has 3 rings (SSSR count). The molecule has 122 valence electrons. The lowest BCUT2D eigenvalue weighted by atomic mass is 10.0. The fourth-order valence-corrected chi connectivity index (χ4v) is 3.07. The van der Waals surface area contributed by atoms with Gasteiger partial charge in [-0.15, -0.1) is 0 Å².